The van der Waals surface area contributed by atoms with Crippen LogP contribution in [0.25, 0.3) is 0 Å². The minimum atomic E-state index is -3.84. The molecule has 31 heavy (non-hydrogen) atoms. The van der Waals surface area contributed by atoms with E-state index < -0.39 is 21.4 Å². The van der Waals surface area contributed by atoms with E-state index in [1.54, 1.807) is 26.4 Å². The fraction of sp³-hybridized carbons (Fsp3) is 0.700. The van der Waals surface area contributed by atoms with E-state index in [1.165, 1.54) is 7.11 Å². The lowest BCUT2D eigenvalue weighted by atomic mass is 10.2. The van der Waals surface area contributed by atoms with E-state index in [9.17, 15) is 8.42 Å². The van der Waals surface area contributed by atoms with E-state index in [0.29, 0.717) is 18.7 Å². The van der Waals surface area contributed by atoms with Gasteiger partial charge in [-0.1, -0.05) is 0 Å². The number of rotatable bonds is 12. The largest absolute Gasteiger partial charge is 0.385 e. The molecule has 0 aliphatic heterocycles. The Balaban J connectivity index is 1.81. The molecular formula is C20H32N6O4S. The van der Waals surface area contributed by atoms with Gasteiger partial charge in [0, 0.05) is 39.0 Å². The number of unbranched alkanes of at least 4 members (excludes halogenated alkanes) is 1. The van der Waals surface area contributed by atoms with Crippen LogP contribution in [0.1, 0.15) is 62.8 Å². The van der Waals surface area contributed by atoms with Crippen LogP contribution in [0.3, 0.4) is 0 Å². The number of sulfonamides is 1. The topological polar surface area (TPSA) is 121 Å². The van der Waals surface area contributed by atoms with Crippen LogP contribution in [0.2, 0.25) is 0 Å². The van der Waals surface area contributed by atoms with Gasteiger partial charge >= 0.3 is 0 Å². The summed E-state index contributed by atoms with van der Waals surface area (Å²) in [6.45, 7) is 6.18. The molecule has 0 bridgehead atoms. The van der Waals surface area contributed by atoms with Crippen molar-refractivity contribution in [1.82, 2.24) is 24.7 Å². The van der Waals surface area contributed by atoms with Crippen LogP contribution in [-0.4, -0.2) is 59.2 Å². The van der Waals surface area contributed by atoms with E-state index in [1.807, 2.05) is 11.5 Å². The summed E-state index contributed by atoms with van der Waals surface area (Å²) < 4.78 is 41.6. The zero-order valence-electron chi connectivity index (χ0n) is 18.8. The van der Waals surface area contributed by atoms with E-state index in [2.05, 4.69) is 31.8 Å². The van der Waals surface area contributed by atoms with Gasteiger partial charge in [0.2, 0.25) is 16.0 Å². The number of aromatic nitrogens is 5. The maximum Gasteiger partial charge on any atom is 0.240 e. The second-order valence-corrected chi connectivity index (χ2v) is 10.4. The molecule has 0 saturated heterocycles. The normalized spacial score (nSPS) is 17.3. The highest BCUT2D eigenvalue weighted by atomic mass is 32.2. The molecule has 0 spiro atoms. The van der Waals surface area contributed by atoms with Gasteiger partial charge in [-0.2, -0.15) is 0 Å². The van der Waals surface area contributed by atoms with Crippen molar-refractivity contribution in [2.75, 3.05) is 25.5 Å². The lowest BCUT2D eigenvalue weighted by Crippen LogP contribution is -2.34. The van der Waals surface area contributed by atoms with Crippen LogP contribution < -0.4 is 4.72 Å². The number of aryl methyl sites for hydroxylation is 2. The summed E-state index contributed by atoms with van der Waals surface area (Å²) in [7, 11) is -0.700. The molecule has 2 heterocycles. The summed E-state index contributed by atoms with van der Waals surface area (Å²) in [5.41, 5.74) is 1.04. The van der Waals surface area contributed by atoms with Crippen molar-refractivity contribution in [3.63, 3.8) is 0 Å². The first kappa shape index (κ1) is 23.6. The average Bonchev–Trinajstić information content (AvgIpc) is 3.35. The molecule has 2 aromatic heterocycles. The van der Waals surface area contributed by atoms with Gasteiger partial charge < -0.3 is 9.47 Å². The van der Waals surface area contributed by atoms with Gasteiger partial charge in [-0.05, 0) is 46.5 Å². The highest BCUT2D eigenvalue weighted by Gasteiger charge is 2.44. The predicted octanol–water partition coefficient (Wildman–Crippen LogP) is 2.37. The number of nitrogens with zero attached hydrogens (tertiary/aromatic N) is 5. The highest BCUT2D eigenvalue weighted by molar-refractivity contribution is 7.93. The molecule has 10 nitrogen and oxygen atoms in total. The summed E-state index contributed by atoms with van der Waals surface area (Å²) in [6, 6.07) is 0. The first-order valence-corrected chi connectivity index (χ1v) is 12.0. The fourth-order valence-electron chi connectivity index (χ4n) is 3.53. The first-order chi connectivity index (χ1) is 14.7. The zero-order valence-corrected chi connectivity index (χ0v) is 19.6. The van der Waals surface area contributed by atoms with Crippen molar-refractivity contribution in [3.8, 4) is 0 Å². The Kier molecular flexibility index (Phi) is 7.28. The van der Waals surface area contributed by atoms with Crippen LogP contribution in [0, 0.1) is 6.92 Å². The molecule has 0 unspecified atom stereocenters. The Hall–Kier alpha value is -2.11. The second-order valence-electron chi connectivity index (χ2n) is 8.31. The van der Waals surface area contributed by atoms with Crippen LogP contribution in [0.5, 0.6) is 0 Å². The number of hydrogen-bond donors (Lipinski definition) is 1. The Bertz CT molecular complexity index is 972. The molecular weight excluding hydrogens is 420 g/mol. The number of methoxy groups -OCH3 is 2. The standard InChI is InChI=1S/C20H32N6O4S/c1-14-12-22-16(13-21-14)18(30-5)15(2)31(27,28)25-19-24-23-17(8-6-7-11-29-4)26(19)20(3)9-10-20/h12-13,15,18H,6-11H2,1-5H3,(H,24,25)/t15-,18-/m0/s1. The lowest BCUT2D eigenvalue weighted by molar-refractivity contribution is 0.0985. The van der Waals surface area contributed by atoms with Gasteiger partial charge in [0.05, 0.1) is 17.6 Å². The number of nitrogens with one attached hydrogen (secondary N) is 1. The lowest BCUT2D eigenvalue weighted by Gasteiger charge is -2.23. The van der Waals surface area contributed by atoms with Gasteiger partial charge in [0.1, 0.15) is 17.2 Å². The smallest absolute Gasteiger partial charge is 0.240 e. The van der Waals surface area contributed by atoms with Gasteiger partial charge in [-0.3, -0.25) is 19.3 Å². The quantitative estimate of drug-likeness (QED) is 0.487. The Labute approximate surface area is 183 Å². The first-order valence-electron chi connectivity index (χ1n) is 10.5. The molecule has 3 rings (SSSR count). The maximum atomic E-state index is 13.2. The molecule has 1 aliphatic rings. The third kappa shape index (κ3) is 5.39. The Morgan fingerprint density at radius 2 is 1.94 bits per heavy atom. The van der Waals surface area contributed by atoms with Crippen LogP contribution >= 0.6 is 0 Å². The van der Waals surface area contributed by atoms with E-state index in [-0.39, 0.29) is 11.5 Å². The monoisotopic (exact) mass is 452 g/mol. The molecule has 2 atom stereocenters. The van der Waals surface area contributed by atoms with Crippen molar-refractivity contribution in [3.05, 3.63) is 29.6 Å². The van der Waals surface area contributed by atoms with Crippen molar-refractivity contribution < 1.29 is 17.9 Å². The zero-order chi connectivity index (χ0) is 22.6. The Morgan fingerprint density at radius 1 is 1.19 bits per heavy atom. The summed E-state index contributed by atoms with van der Waals surface area (Å²) in [6.07, 6.45) is 6.79. The molecule has 1 N–H and O–H groups in total. The van der Waals surface area contributed by atoms with Crippen molar-refractivity contribution in [2.45, 2.75) is 69.8 Å². The summed E-state index contributed by atoms with van der Waals surface area (Å²) in [5.74, 6) is 1.03. The molecule has 0 amide bonds. The third-order valence-electron chi connectivity index (χ3n) is 5.74. The average molecular weight is 453 g/mol. The molecule has 1 fully saturated rings. The molecule has 1 aliphatic carbocycles. The SMILES string of the molecule is COCCCCc1nnc(NS(=O)(=O)[C@@H](C)[C@H](OC)c2cnc(C)cn2)n1C1(C)CC1. The minimum Gasteiger partial charge on any atom is -0.385 e. The van der Waals surface area contributed by atoms with Crippen LogP contribution in [0.15, 0.2) is 12.4 Å². The number of hydrogen-bond acceptors (Lipinski definition) is 8. The fourth-order valence-corrected chi connectivity index (χ4v) is 4.68. The molecule has 172 valence electrons. The van der Waals surface area contributed by atoms with Crippen LogP contribution in [0.4, 0.5) is 5.95 Å². The van der Waals surface area contributed by atoms with E-state index >= 15 is 0 Å². The minimum absolute atomic E-state index is 0.162. The van der Waals surface area contributed by atoms with Gasteiger partial charge in [0.15, 0.2) is 0 Å². The summed E-state index contributed by atoms with van der Waals surface area (Å²) >= 11 is 0. The van der Waals surface area contributed by atoms with Gasteiger partial charge in [-0.15, -0.1) is 10.2 Å². The van der Waals surface area contributed by atoms with E-state index in [0.717, 1.165) is 37.2 Å². The van der Waals surface area contributed by atoms with Crippen LogP contribution in [-0.2, 0) is 31.5 Å². The molecule has 11 heteroatoms. The summed E-state index contributed by atoms with van der Waals surface area (Å²) in [4.78, 5) is 8.49. The number of anilines is 1. The summed E-state index contributed by atoms with van der Waals surface area (Å²) in [5, 5.41) is 7.55. The van der Waals surface area contributed by atoms with Crippen molar-refractivity contribution >= 4 is 16.0 Å². The third-order valence-corrected chi connectivity index (χ3v) is 7.43. The molecule has 2 aromatic rings. The Morgan fingerprint density at radius 3 is 2.52 bits per heavy atom. The number of ether oxygens (including phenoxy) is 2. The molecule has 0 aromatic carbocycles. The van der Waals surface area contributed by atoms with Gasteiger partial charge in [-0.25, -0.2) is 8.42 Å². The predicted molar refractivity (Wildman–Crippen MR) is 116 cm³/mol. The highest BCUT2D eigenvalue weighted by Crippen LogP contribution is 2.45. The molecule has 0 radical (unpaired) electrons. The van der Waals surface area contributed by atoms with Gasteiger partial charge in [0.25, 0.3) is 0 Å². The van der Waals surface area contributed by atoms with E-state index in [4.69, 9.17) is 9.47 Å². The molecule has 1 saturated carbocycles. The van der Waals surface area contributed by atoms with Crippen molar-refractivity contribution in [1.29, 1.82) is 0 Å². The van der Waals surface area contributed by atoms with Crippen molar-refractivity contribution in [2.24, 2.45) is 0 Å². The second kappa shape index (κ2) is 9.58. The maximum absolute atomic E-state index is 13.2.